The van der Waals surface area contributed by atoms with Gasteiger partial charge >= 0.3 is 0 Å². The molecule has 4 rings (SSSR count). The first-order chi connectivity index (χ1) is 16.0. The zero-order valence-corrected chi connectivity index (χ0v) is 18.2. The fourth-order valence-corrected chi connectivity index (χ4v) is 3.86. The van der Waals surface area contributed by atoms with E-state index in [1.807, 2.05) is 4.90 Å². The van der Waals surface area contributed by atoms with Gasteiger partial charge in [0.15, 0.2) is 0 Å². The Morgan fingerprint density at radius 1 is 0.818 bits per heavy atom. The number of carbonyl (C=O) groups is 4. The van der Waals surface area contributed by atoms with E-state index in [4.69, 9.17) is 4.74 Å². The zero-order chi connectivity index (χ0) is 23.2. The number of hydrogen-bond acceptors (Lipinski definition) is 6. The van der Waals surface area contributed by atoms with Crippen molar-refractivity contribution in [1.82, 2.24) is 9.80 Å². The summed E-state index contributed by atoms with van der Waals surface area (Å²) in [6.45, 7) is 3.26. The Morgan fingerprint density at radius 3 is 1.94 bits per heavy atom. The molecule has 2 aliphatic heterocycles. The van der Waals surface area contributed by atoms with Gasteiger partial charge in [0, 0.05) is 37.4 Å². The van der Waals surface area contributed by atoms with Gasteiger partial charge in [0.05, 0.1) is 30.9 Å². The molecule has 9 nitrogen and oxygen atoms in total. The first-order valence-electron chi connectivity index (χ1n) is 11.0. The minimum absolute atomic E-state index is 0.0955. The quantitative estimate of drug-likeness (QED) is 0.596. The molecule has 2 heterocycles. The number of morpholine rings is 1. The van der Waals surface area contributed by atoms with Crippen molar-refractivity contribution >= 4 is 35.0 Å². The number of benzene rings is 2. The van der Waals surface area contributed by atoms with Gasteiger partial charge in [-0.1, -0.05) is 12.1 Å². The average molecular weight is 450 g/mol. The Balaban J connectivity index is 1.19. The van der Waals surface area contributed by atoms with Gasteiger partial charge < -0.3 is 15.4 Å². The lowest BCUT2D eigenvalue weighted by Gasteiger charge is -2.25. The van der Waals surface area contributed by atoms with Gasteiger partial charge in [-0.2, -0.15) is 0 Å². The summed E-state index contributed by atoms with van der Waals surface area (Å²) in [7, 11) is 0. The number of carbonyl (C=O) groups excluding carboxylic acids is 4. The third-order valence-corrected chi connectivity index (χ3v) is 5.59. The zero-order valence-electron chi connectivity index (χ0n) is 18.2. The van der Waals surface area contributed by atoms with E-state index in [1.54, 1.807) is 48.5 Å². The Hall–Kier alpha value is -3.56. The number of rotatable bonds is 8. The van der Waals surface area contributed by atoms with E-state index in [1.165, 1.54) is 4.90 Å². The Kier molecular flexibility index (Phi) is 7.11. The molecule has 2 aromatic rings. The summed E-state index contributed by atoms with van der Waals surface area (Å²) in [5, 5.41) is 5.64. The number of amides is 4. The lowest BCUT2D eigenvalue weighted by molar-refractivity contribution is -0.118. The molecule has 9 heteroatoms. The van der Waals surface area contributed by atoms with Crippen molar-refractivity contribution in [2.45, 2.75) is 12.8 Å². The minimum Gasteiger partial charge on any atom is -0.379 e. The molecule has 4 amide bonds. The summed E-state index contributed by atoms with van der Waals surface area (Å²) in [6.07, 6.45) is 0.540. The predicted octanol–water partition coefficient (Wildman–Crippen LogP) is 1.97. The molecular weight excluding hydrogens is 424 g/mol. The Labute approximate surface area is 191 Å². The summed E-state index contributed by atoms with van der Waals surface area (Å²) in [5.74, 6) is -0.943. The standard InChI is InChI=1S/C24H26N4O5/c29-21(6-3-11-28-23(31)19-4-1-2-5-20(19)24(28)32)25-17-7-9-18(10-8-17)26-22(30)16-27-12-14-33-15-13-27/h1-2,4-5,7-10H,3,6,11-16H2,(H,25,29)(H,26,30). The highest BCUT2D eigenvalue weighted by molar-refractivity contribution is 6.21. The lowest BCUT2D eigenvalue weighted by Crippen LogP contribution is -2.41. The molecule has 33 heavy (non-hydrogen) atoms. The monoisotopic (exact) mass is 450 g/mol. The van der Waals surface area contributed by atoms with E-state index in [9.17, 15) is 19.2 Å². The molecule has 0 aromatic heterocycles. The second kappa shape index (κ2) is 10.4. The maximum Gasteiger partial charge on any atom is 0.261 e. The van der Waals surface area contributed by atoms with Crippen LogP contribution in [-0.4, -0.2) is 72.8 Å². The third kappa shape index (κ3) is 5.63. The van der Waals surface area contributed by atoms with E-state index >= 15 is 0 Å². The highest BCUT2D eigenvalue weighted by Crippen LogP contribution is 2.22. The lowest BCUT2D eigenvalue weighted by atomic mass is 10.1. The molecule has 0 spiro atoms. The van der Waals surface area contributed by atoms with Crippen LogP contribution in [0.2, 0.25) is 0 Å². The molecule has 0 unspecified atom stereocenters. The van der Waals surface area contributed by atoms with Crippen molar-refractivity contribution in [3.8, 4) is 0 Å². The third-order valence-electron chi connectivity index (χ3n) is 5.59. The number of nitrogens with one attached hydrogen (secondary N) is 2. The van der Waals surface area contributed by atoms with Crippen LogP contribution in [0.1, 0.15) is 33.6 Å². The SMILES string of the molecule is O=C(CCCN1C(=O)c2ccccc2C1=O)Nc1ccc(NC(=O)CN2CCOCC2)cc1. The van der Waals surface area contributed by atoms with Crippen molar-refractivity contribution in [2.75, 3.05) is 50.0 Å². The topological polar surface area (TPSA) is 108 Å². The molecule has 0 aliphatic carbocycles. The van der Waals surface area contributed by atoms with Crippen molar-refractivity contribution in [1.29, 1.82) is 0 Å². The number of nitrogens with zero attached hydrogens (tertiary/aromatic N) is 2. The van der Waals surface area contributed by atoms with Gasteiger partial charge in [0.25, 0.3) is 11.8 Å². The minimum atomic E-state index is -0.317. The van der Waals surface area contributed by atoms with E-state index in [0.717, 1.165) is 13.1 Å². The van der Waals surface area contributed by atoms with Gasteiger partial charge in [0.2, 0.25) is 11.8 Å². The van der Waals surface area contributed by atoms with Gasteiger partial charge in [-0.15, -0.1) is 0 Å². The molecule has 0 radical (unpaired) electrons. The molecule has 172 valence electrons. The second-order valence-corrected chi connectivity index (χ2v) is 7.97. The van der Waals surface area contributed by atoms with Crippen LogP contribution in [0.5, 0.6) is 0 Å². The Morgan fingerprint density at radius 2 is 1.36 bits per heavy atom. The van der Waals surface area contributed by atoms with Crippen molar-refractivity contribution < 1.29 is 23.9 Å². The molecule has 2 aliphatic rings. The molecule has 0 atom stereocenters. The number of imide groups is 1. The molecule has 0 bridgehead atoms. The van der Waals surface area contributed by atoms with Crippen LogP contribution in [-0.2, 0) is 14.3 Å². The summed E-state index contributed by atoms with van der Waals surface area (Å²) in [6, 6.07) is 13.6. The summed E-state index contributed by atoms with van der Waals surface area (Å²) >= 11 is 0. The summed E-state index contributed by atoms with van der Waals surface area (Å²) in [4.78, 5) is 52.4. The van der Waals surface area contributed by atoms with Crippen LogP contribution < -0.4 is 10.6 Å². The van der Waals surface area contributed by atoms with Crippen LogP contribution >= 0.6 is 0 Å². The van der Waals surface area contributed by atoms with E-state index in [0.29, 0.717) is 48.7 Å². The molecule has 0 saturated carbocycles. The van der Waals surface area contributed by atoms with Gasteiger partial charge in [-0.05, 0) is 42.8 Å². The normalized spacial score (nSPS) is 15.9. The van der Waals surface area contributed by atoms with Gasteiger partial charge in [-0.25, -0.2) is 0 Å². The van der Waals surface area contributed by atoms with Gasteiger partial charge in [0.1, 0.15) is 0 Å². The van der Waals surface area contributed by atoms with Crippen molar-refractivity contribution in [2.24, 2.45) is 0 Å². The average Bonchev–Trinajstić information content (AvgIpc) is 3.06. The highest BCUT2D eigenvalue weighted by atomic mass is 16.5. The largest absolute Gasteiger partial charge is 0.379 e. The fourth-order valence-electron chi connectivity index (χ4n) is 3.86. The van der Waals surface area contributed by atoms with E-state index in [-0.39, 0.29) is 36.6 Å². The first-order valence-corrected chi connectivity index (χ1v) is 11.0. The summed E-state index contributed by atoms with van der Waals surface area (Å²) < 4.78 is 5.28. The number of ether oxygens (including phenoxy) is 1. The molecule has 2 N–H and O–H groups in total. The molecule has 1 fully saturated rings. The maximum absolute atomic E-state index is 12.4. The molecule has 2 aromatic carbocycles. The van der Waals surface area contributed by atoms with E-state index in [2.05, 4.69) is 10.6 Å². The smallest absolute Gasteiger partial charge is 0.261 e. The number of hydrogen-bond donors (Lipinski definition) is 2. The number of fused-ring (bicyclic) bond motifs is 1. The predicted molar refractivity (Wildman–Crippen MR) is 122 cm³/mol. The first kappa shape index (κ1) is 22.6. The highest BCUT2D eigenvalue weighted by Gasteiger charge is 2.34. The van der Waals surface area contributed by atoms with Crippen molar-refractivity contribution in [3.63, 3.8) is 0 Å². The van der Waals surface area contributed by atoms with Crippen LogP contribution in [0.25, 0.3) is 0 Å². The second-order valence-electron chi connectivity index (χ2n) is 7.97. The van der Waals surface area contributed by atoms with Crippen LogP contribution in [0.3, 0.4) is 0 Å². The van der Waals surface area contributed by atoms with Crippen LogP contribution in [0.15, 0.2) is 48.5 Å². The van der Waals surface area contributed by atoms with E-state index < -0.39 is 0 Å². The molecule has 1 saturated heterocycles. The van der Waals surface area contributed by atoms with Crippen LogP contribution in [0, 0.1) is 0 Å². The fraction of sp³-hybridized carbons (Fsp3) is 0.333. The number of anilines is 2. The summed E-state index contributed by atoms with van der Waals surface area (Å²) in [5.41, 5.74) is 2.07. The van der Waals surface area contributed by atoms with Crippen molar-refractivity contribution in [3.05, 3.63) is 59.7 Å². The molecular formula is C24H26N4O5. The maximum atomic E-state index is 12.4. The van der Waals surface area contributed by atoms with Crippen LogP contribution in [0.4, 0.5) is 11.4 Å². The van der Waals surface area contributed by atoms with Gasteiger partial charge in [-0.3, -0.25) is 29.0 Å². The Bertz CT molecular complexity index is 1010.